The Labute approximate surface area is 93.1 Å². The molecule has 0 saturated carbocycles. The lowest BCUT2D eigenvalue weighted by Crippen LogP contribution is -2.47. The first-order valence-corrected chi connectivity index (χ1v) is 4.86. The maximum atomic E-state index is 10.7. The van der Waals surface area contributed by atoms with Crippen LogP contribution in [0, 0.1) is 0 Å². The highest BCUT2D eigenvalue weighted by atomic mass is 16.7. The number of aliphatic hydroxyl groups excluding tert-OH is 2. The summed E-state index contributed by atoms with van der Waals surface area (Å²) in [6, 6.07) is 0. The second kappa shape index (κ2) is 4.40. The smallest absolute Gasteiger partial charge is 0.371 e. The quantitative estimate of drug-likeness (QED) is 0.612. The molecule has 3 atom stereocenters. The largest absolute Gasteiger partial charge is 0.475 e. The van der Waals surface area contributed by atoms with E-state index in [4.69, 9.17) is 14.6 Å². The molecule has 0 aliphatic carbocycles. The van der Waals surface area contributed by atoms with E-state index in [1.54, 1.807) is 20.8 Å². The minimum absolute atomic E-state index is 0.424. The van der Waals surface area contributed by atoms with Crippen molar-refractivity contribution in [2.24, 2.45) is 0 Å². The molecule has 16 heavy (non-hydrogen) atoms. The summed E-state index contributed by atoms with van der Waals surface area (Å²) < 4.78 is 10.2. The molecule has 1 aliphatic rings. The molecule has 0 spiro atoms. The third-order valence-corrected chi connectivity index (χ3v) is 1.87. The van der Waals surface area contributed by atoms with Crippen molar-refractivity contribution >= 4 is 5.97 Å². The molecule has 0 aromatic rings. The Morgan fingerprint density at radius 3 is 2.44 bits per heavy atom. The standard InChI is InChI=1S/C10H16O6/c1-10(2,3)16-9-7(12)5(11)4-6(15-9)8(13)14/h4-5,7,9,11-12H,1-3H3,(H,13,14). The molecule has 1 heterocycles. The molecule has 0 saturated heterocycles. The van der Waals surface area contributed by atoms with Gasteiger partial charge in [0.25, 0.3) is 0 Å². The number of hydrogen-bond donors (Lipinski definition) is 3. The molecule has 3 N–H and O–H groups in total. The van der Waals surface area contributed by atoms with E-state index in [1.807, 2.05) is 0 Å². The molecule has 0 bridgehead atoms. The number of carboxylic acid groups (broad SMARTS) is 1. The van der Waals surface area contributed by atoms with Gasteiger partial charge in [-0.05, 0) is 26.8 Å². The fourth-order valence-electron chi connectivity index (χ4n) is 1.21. The summed E-state index contributed by atoms with van der Waals surface area (Å²) in [6.45, 7) is 5.19. The summed E-state index contributed by atoms with van der Waals surface area (Å²) in [5, 5.41) is 27.7. The van der Waals surface area contributed by atoms with E-state index in [0.717, 1.165) is 6.08 Å². The first kappa shape index (κ1) is 13.0. The Bertz CT molecular complexity index is 303. The topological polar surface area (TPSA) is 96.2 Å². The lowest BCUT2D eigenvalue weighted by atomic mass is 10.1. The van der Waals surface area contributed by atoms with Gasteiger partial charge >= 0.3 is 5.97 Å². The van der Waals surface area contributed by atoms with Crippen LogP contribution in [0.5, 0.6) is 0 Å². The molecule has 1 aliphatic heterocycles. The Morgan fingerprint density at radius 2 is 2.00 bits per heavy atom. The average molecular weight is 232 g/mol. The van der Waals surface area contributed by atoms with E-state index in [1.165, 1.54) is 0 Å². The van der Waals surface area contributed by atoms with E-state index in [-0.39, 0.29) is 0 Å². The Morgan fingerprint density at radius 1 is 1.44 bits per heavy atom. The molecular formula is C10H16O6. The maximum Gasteiger partial charge on any atom is 0.371 e. The van der Waals surface area contributed by atoms with Gasteiger partial charge in [0.05, 0.1) is 5.60 Å². The lowest BCUT2D eigenvalue weighted by Gasteiger charge is -2.34. The first-order valence-electron chi connectivity index (χ1n) is 4.86. The molecule has 6 nitrogen and oxygen atoms in total. The van der Waals surface area contributed by atoms with E-state index >= 15 is 0 Å². The van der Waals surface area contributed by atoms with E-state index < -0.39 is 35.8 Å². The van der Waals surface area contributed by atoms with Crippen LogP contribution in [-0.2, 0) is 14.3 Å². The van der Waals surface area contributed by atoms with Gasteiger partial charge in [-0.15, -0.1) is 0 Å². The zero-order valence-electron chi connectivity index (χ0n) is 9.38. The van der Waals surface area contributed by atoms with Crippen molar-refractivity contribution in [2.45, 2.75) is 44.9 Å². The highest BCUT2D eigenvalue weighted by molar-refractivity contribution is 5.84. The number of aliphatic carboxylic acids is 1. The van der Waals surface area contributed by atoms with Crippen LogP contribution in [0.15, 0.2) is 11.8 Å². The second-order valence-electron chi connectivity index (χ2n) is 4.53. The first-order chi connectivity index (χ1) is 7.20. The van der Waals surface area contributed by atoms with Crippen molar-refractivity contribution in [1.82, 2.24) is 0 Å². The van der Waals surface area contributed by atoms with Crippen LogP contribution in [-0.4, -0.2) is 45.4 Å². The number of ether oxygens (including phenoxy) is 2. The van der Waals surface area contributed by atoms with Gasteiger partial charge in [-0.1, -0.05) is 0 Å². The minimum atomic E-state index is -1.31. The number of aliphatic hydroxyl groups is 2. The molecule has 0 aromatic carbocycles. The molecule has 0 aromatic heterocycles. The molecule has 6 heteroatoms. The molecule has 0 fully saturated rings. The van der Waals surface area contributed by atoms with Crippen molar-refractivity contribution in [1.29, 1.82) is 0 Å². The summed E-state index contributed by atoms with van der Waals surface area (Å²) in [6.07, 6.45) is -2.86. The van der Waals surface area contributed by atoms with Crippen LogP contribution in [0.2, 0.25) is 0 Å². The molecule has 0 radical (unpaired) electrons. The Kier molecular flexibility index (Phi) is 3.57. The third kappa shape index (κ3) is 3.19. The summed E-state index contributed by atoms with van der Waals surface area (Å²) in [5.74, 6) is -1.74. The highest BCUT2D eigenvalue weighted by Gasteiger charge is 2.37. The number of hydrogen-bond acceptors (Lipinski definition) is 5. The average Bonchev–Trinajstić information content (AvgIpc) is 2.10. The van der Waals surface area contributed by atoms with Crippen LogP contribution in [0.3, 0.4) is 0 Å². The van der Waals surface area contributed by atoms with Crippen molar-refractivity contribution < 1.29 is 29.6 Å². The van der Waals surface area contributed by atoms with Crippen molar-refractivity contribution in [3.8, 4) is 0 Å². The van der Waals surface area contributed by atoms with Gasteiger partial charge in [-0.2, -0.15) is 0 Å². The monoisotopic (exact) mass is 232 g/mol. The van der Waals surface area contributed by atoms with Crippen molar-refractivity contribution in [3.05, 3.63) is 11.8 Å². The SMILES string of the molecule is CC(C)(C)OC1OC(C(=O)O)=CC(O)C1O. The van der Waals surface area contributed by atoms with Crippen LogP contribution in [0.1, 0.15) is 20.8 Å². The van der Waals surface area contributed by atoms with Crippen LogP contribution >= 0.6 is 0 Å². The minimum Gasteiger partial charge on any atom is -0.475 e. The number of carbonyl (C=O) groups is 1. The van der Waals surface area contributed by atoms with Crippen LogP contribution in [0.4, 0.5) is 0 Å². The molecule has 3 unspecified atom stereocenters. The number of rotatable bonds is 2. The summed E-state index contributed by atoms with van der Waals surface area (Å²) in [5.41, 5.74) is -0.619. The summed E-state index contributed by atoms with van der Waals surface area (Å²) >= 11 is 0. The Balaban J connectivity index is 2.81. The van der Waals surface area contributed by atoms with Crippen molar-refractivity contribution in [3.63, 3.8) is 0 Å². The predicted molar refractivity (Wildman–Crippen MR) is 53.4 cm³/mol. The zero-order valence-corrected chi connectivity index (χ0v) is 9.38. The van der Waals surface area contributed by atoms with Crippen LogP contribution < -0.4 is 0 Å². The summed E-state index contributed by atoms with van der Waals surface area (Å²) in [4.78, 5) is 10.7. The molecule has 1 rings (SSSR count). The van der Waals surface area contributed by atoms with Gasteiger partial charge in [-0.3, -0.25) is 0 Å². The highest BCUT2D eigenvalue weighted by Crippen LogP contribution is 2.23. The number of carboxylic acids is 1. The maximum absolute atomic E-state index is 10.7. The fourth-order valence-corrected chi connectivity index (χ4v) is 1.21. The molecular weight excluding hydrogens is 216 g/mol. The van der Waals surface area contributed by atoms with Gasteiger partial charge in [-0.25, -0.2) is 4.79 Å². The normalized spacial score (nSPS) is 30.6. The zero-order chi connectivity index (χ0) is 12.5. The fraction of sp³-hybridized carbons (Fsp3) is 0.700. The van der Waals surface area contributed by atoms with E-state index in [9.17, 15) is 15.0 Å². The lowest BCUT2D eigenvalue weighted by molar-refractivity contribution is -0.242. The van der Waals surface area contributed by atoms with Gasteiger partial charge in [0.1, 0.15) is 12.2 Å². The third-order valence-electron chi connectivity index (χ3n) is 1.87. The van der Waals surface area contributed by atoms with E-state index in [2.05, 4.69) is 0 Å². The van der Waals surface area contributed by atoms with E-state index in [0.29, 0.717) is 0 Å². The molecule has 0 amide bonds. The second-order valence-corrected chi connectivity index (χ2v) is 4.53. The van der Waals surface area contributed by atoms with Gasteiger partial charge < -0.3 is 24.8 Å². The van der Waals surface area contributed by atoms with Gasteiger partial charge in [0.15, 0.2) is 0 Å². The van der Waals surface area contributed by atoms with Crippen molar-refractivity contribution in [2.75, 3.05) is 0 Å². The Hall–Kier alpha value is -1.11. The predicted octanol–water partition coefficient (Wildman–Crippen LogP) is -0.152. The van der Waals surface area contributed by atoms with Crippen LogP contribution in [0.25, 0.3) is 0 Å². The molecule has 92 valence electrons. The van der Waals surface area contributed by atoms with Gasteiger partial charge in [0.2, 0.25) is 12.0 Å². The summed E-state index contributed by atoms with van der Waals surface area (Å²) in [7, 11) is 0. The van der Waals surface area contributed by atoms with Gasteiger partial charge in [0, 0.05) is 0 Å².